The van der Waals surface area contributed by atoms with Gasteiger partial charge in [-0.1, -0.05) is 13.8 Å². The van der Waals surface area contributed by atoms with Crippen LogP contribution in [0.25, 0.3) is 0 Å². The first kappa shape index (κ1) is 15.7. The summed E-state index contributed by atoms with van der Waals surface area (Å²) in [5.41, 5.74) is 0. The van der Waals surface area contributed by atoms with Gasteiger partial charge in [-0.2, -0.15) is 0 Å². The third-order valence-electron chi connectivity index (χ3n) is 2.35. The summed E-state index contributed by atoms with van der Waals surface area (Å²) in [7, 11) is 0. The highest BCUT2D eigenvalue weighted by Crippen LogP contribution is 1.84. The lowest BCUT2D eigenvalue weighted by molar-refractivity contribution is -0.146. The van der Waals surface area contributed by atoms with Crippen molar-refractivity contribution < 1.29 is 19.8 Å². The SMILES string of the molecule is CCN(CC)CCNC(=O)NCC(O)C(=O)O. The van der Waals surface area contributed by atoms with Gasteiger partial charge in [0.1, 0.15) is 0 Å². The molecule has 7 nitrogen and oxygen atoms in total. The molecule has 100 valence electrons. The van der Waals surface area contributed by atoms with Gasteiger partial charge in [-0.15, -0.1) is 0 Å². The minimum Gasteiger partial charge on any atom is -0.479 e. The molecule has 0 radical (unpaired) electrons. The predicted molar refractivity (Wildman–Crippen MR) is 62.8 cm³/mol. The van der Waals surface area contributed by atoms with Crippen LogP contribution in [0.15, 0.2) is 0 Å². The van der Waals surface area contributed by atoms with Gasteiger partial charge in [-0.3, -0.25) is 0 Å². The van der Waals surface area contributed by atoms with Crippen molar-refractivity contribution in [2.24, 2.45) is 0 Å². The van der Waals surface area contributed by atoms with E-state index < -0.39 is 18.1 Å². The highest BCUT2D eigenvalue weighted by molar-refractivity contribution is 5.76. The highest BCUT2D eigenvalue weighted by Gasteiger charge is 2.13. The second-order valence-corrected chi connectivity index (χ2v) is 3.52. The first-order valence-electron chi connectivity index (χ1n) is 5.66. The molecule has 0 saturated heterocycles. The normalized spacial score (nSPS) is 12.2. The summed E-state index contributed by atoms with van der Waals surface area (Å²) in [6, 6.07) is -0.475. The molecule has 0 rings (SSSR count). The van der Waals surface area contributed by atoms with Crippen LogP contribution in [0.3, 0.4) is 0 Å². The summed E-state index contributed by atoms with van der Waals surface area (Å²) in [4.78, 5) is 23.6. The van der Waals surface area contributed by atoms with Crippen LogP contribution in [0, 0.1) is 0 Å². The molecule has 1 unspecified atom stereocenters. The number of aliphatic carboxylic acids is 1. The number of amides is 2. The minimum atomic E-state index is -1.57. The fourth-order valence-corrected chi connectivity index (χ4v) is 1.21. The first-order valence-corrected chi connectivity index (χ1v) is 5.66. The Hall–Kier alpha value is -1.34. The molecule has 0 aromatic carbocycles. The van der Waals surface area contributed by atoms with Crippen molar-refractivity contribution in [3.05, 3.63) is 0 Å². The highest BCUT2D eigenvalue weighted by atomic mass is 16.4. The molecule has 0 fully saturated rings. The molecule has 7 heteroatoms. The molecule has 0 aromatic heterocycles. The Morgan fingerprint density at radius 1 is 1.24 bits per heavy atom. The zero-order valence-electron chi connectivity index (χ0n) is 10.3. The lowest BCUT2D eigenvalue weighted by Gasteiger charge is -2.18. The van der Waals surface area contributed by atoms with Crippen LogP contribution >= 0.6 is 0 Å². The molecule has 0 spiro atoms. The van der Waals surface area contributed by atoms with Gasteiger partial charge in [-0.25, -0.2) is 9.59 Å². The van der Waals surface area contributed by atoms with Crippen molar-refractivity contribution in [2.45, 2.75) is 20.0 Å². The number of nitrogens with one attached hydrogen (secondary N) is 2. The van der Waals surface area contributed by atoms with Crippen LogP contribution < -0.4 is 10.6 Å². The Labute approximate surface area is 101 Å². The van der Waals surface area contributed by atoms with E-state index in [1.165, 1.54) is 0 Å². The van der Waals surface area contributed by atoms with Crippen molar-refractivity contribution >= 4 is 12.0 Å². The van der Waals surface area contributed by atoms with Crippen LogP contribution in [0.2, 0.25) is 0 Å². The summed E-state index contributed by atoms with van der Waals surface area (Å²) < 4.78 is 0. The third-order valence-corrected chi connectivity index (χ3v) is 2.35. The molecule has 0 bridgehead atoms. The Kier molecular flexibility index (Phi) is 8.08. The minimum absolute atomic E-state index is 0.299. The van der Waals surface area contributed by atoms with Gasteiger partial charge < -0.3 is 25.7 Å². The molecule has 0 heterocycles. The number of aliphatic hydroxyl groups excluding tert-OH is 1. The Morgan fingerprint density at radius 3 is 2.29 bits per heavy atom. The number of aliphatic hydroxyl groups is 1. The van der Waals surface area contributed by atoms with E-state index in [1.54, 1.807) is 0 Å². The number of carboxylic acid groups (broad SMARTS) is 1. The number of likely N-dealkylation sites (N-methyl/N-ethyl adjacent to an activating group) is 1. The molecule has 4 N–H and O–H groups in total. The maximum Gasteiger partial charge on any atom is 0.334 e. The molecule has 0 aliphatic carbocycles. The molecule has 0 aliphatic heterocycles. The monoisotopic (exact) mass is 247 g/mol. The van der Waals surface area contributed by atoms with Gasteiger partial charge in [0.2, 0.25) is 0 Å². The molecule has 2 amide bonds. The van der Waals surface area contributed by atoms with Gasteiger partial charge in [0.05, 0.1) is 6.54 Å². The average Bonchev–Trinajstić information content (AvgIpc) is 2.31. The molecule has 0 aromatic rings. The van der Waals surface area contributed by atoms with E-state index in [0.29, 0.717) is 6.54 Å². The number of urea groups is 1. The van der Waals surface area contributed by atoms with E-state index in [9.17, 15) is 9.59 Å². The number of hydrogen-bond acceptors (Lipinski definition) is 4. The molecule has 0 saturated carbocycles. The smallest absolute Gasteiger partial charge is 0.334 e. The number of hydrogen-bond donors (Lipinski definition) is 4. The van der Waals surface area contributed by atoms with Crippen LogP contribution in [0.1, 0.15) is 13.8 Å². The van der Waals surface area contributed by atoms with E-state index in [-0.39, 0.29) is 6.54 Å². The van der Waals surface area contributed by atoms with Gasteiger partial charge >= 0.3 is 12.0 Å². The summed E-state index contributed by atoms with van der Waals surface area (Å²) in [6.07, 6.45) is -1.57. The summed E-state index contributed by atoms with van der Waals surface area (Å²) in [5, 5.41) is 22.1. The van der Waals surface area contributed by atoms with Gasteiger partial charge in [0.15, 0.2) is 6.10 Å². The predicted octanol–water partition coefficient (Wildman–Crippen LogP) is -0.927. The Morgan fingerprint density at radius 2 is 1.82 bits per heavy atom. The molecule has 1 atom stereocenters. The lowest BCUT2D eigenvalue weighted by Crippen LogP contribution is -2.44. The quantitative estimate of drug-likeness (QED) is 0.444. The van der Waals surface area contributed by atoms with Gasteiger partial charge in [0, 0.05) is 13.1 Å². The largest absolute Gasteiger partial charge is 0.479 e. The third kappa shape index (κ3) is 7.53. The van der Waals surface area contributed by atoms with E-state index in [0.717, 1.165) is 19.6 Å². The molecule has 17 heavy (non-hydrogen) atoms. The number of carbonyl (C=O) groups excluding carboxylic acids is 1. The summed E-state index contributed by atoms with van der Waals surface area (Å²) in [6.45, 7) is 6.82. The summed E-state index contributed by atoms with van der Waals surface area (Å²) in [5.74, 6) is -1.35. The Balaban J connectivity index is 3.63. The van der Waals surface area contributed by atoms with Crippen LogP contribution in [0.5, 0.6) is 0 Å². The van der Waals surface area contributed by atoms with Gasteiger partial charge in [0.25, 0.3) is 0 Å². The first-order chi connectivity index (χ1) is 8.01. The number of carbonyl (C=O) groups is 2. The fourth-order valence-electron chi connectivity index (χ4n) is 1.21. The van der Waals surface area contributed by atoms with Crippen LogP contribution in [0.4, 0.5) is 4.79 Å². The van der Waals surface area contributed by atoms with Crippen molar-refractivity contribution in [1.82, 2.24) is 15.5 Å². The van der Waals surface area contributed by atoms with Crippen LogP contribution in [-0.4, -0.2) is 65.9 Å². The second kappa shape index (κ2) is 8.77. The van der Waals surface area contributed by atoms with Crippen molar-refractivity contribution in [1.29, 1.82) is 0 Å². The van der Waals surface area contributed by atoms with Gasteiger partial charge in [-0.05, 0) is 13.1 Å². The summed E-state index contributed by atoms with van der Waals surface area (Å²) >= 11 is 0. The number of rotatable bonds is 8. The zero-order valence-corrected chi connectivity index (χ0v) is 10.3. The topological polar surface area (TPSA) is 102 Å². The molecule has 0 aliphatic rings. The van der Waals surface area contributed by atoms with E-state index in [1.807, 2.05) is 13.8 Å². The molecular formula is C10H21N3O4. The second-order valence-electron chi connectivity index (χ2n) is 3.52. The maximum atomic E-state index is 11.2. The van der Waals surface area contributed by atoms with Crippen molar-refractivity contribution in [2.75, 3.05) is 32.7 Å². The number of nitrogens with zero attached hydrogens (tertiary/aromatic N) is 1. The lowest BCUT2D eigenvalue weighted by atomic mass is 10.4. The van der Waals surface area contributed by atoms with E-state index >= 15 is 0 Å². The maximum absolute atomic E-state index is 11.2. The van der Waals surface area contributed by atoms with E-state index in [4.69, 9.17) is 10.2 Å². The average molecular weight is 247 g/mol. The zero-order chi connectivity index (χ0) is 13.3. The Bertz CT molecular complexity index is 244. The standard InChI is InChI=1S/C10H21N3O4/c1-3-13(4-2)6-5-11-10(17)12-7-8(14)9(15)16/h8,14H,3-7H2,1-2H3,(H,15,16)(H2,11,12,17). The van der Waals surface area contributed by atoms with Crippen molar-refractivity contribution in [3.8, 4) is 0 Å². The van der Waals surface area contributed by atoms with E-state index in [2.05, 4.69) is 15.5 Å². The van der Waals surface area contributed by atoms with Crippen LogP contribution in [-0.2, 0) is 4.79 Å². The fraction of sp³-hybridized carbons (Fsp3) is 0.800. The number of carboxylic acids is 1. The van der Waals surface area contributed by atoms with Crippen molar-refractivity contribution in [3.63, 3.8) is 0 Å². The molecular weight excluding hydrogens is 226 g/mol.